The van der Waals surface area contributed by atoms with Gasteiger partial charge in [0.2, 0.25) is 0 Å². The quantitative estimate of drug-likeness (QED) is 0.747. The number of aromatic nitrogens is 1. The van der Waals surface area contributed by atoms with Crippen LogP contribution in [0.15, 0.2) is 53.9 Å². The highest BCUT2D eigenvalue weighted by atomic mass is 32.1. The molecule has 0 aliphatic rings. The molecule has 3 aromatic rings. The number of rotatable bonds is 5. The van der Waals surface area contributed by atoms with Crippen LogP contribution in [-0.2, 0) is 6.61 Å². The zero-order valence-electron chi connectivity index (χ0n) is 12.1. The Bertz CT molecular complexity index is 828. The van der Waals surface area contributed by atoms with E-state index in [-0.39, 0.29) is 5.56 Å². The van der Waals surface area contributed by atoms with E-state index in [4.69, 9.17) is 15.6 Å². The maximum atomic E-state index is 10.8. The number of para-hydroxylation sites is 1. The summed E-state index contributed by atoms with van der Waals surface area (Å²) in [6.45, 7) is 0.344. The molecule has 0 aliphatic heterocycles. The van der Waals surface area contributed by atoms with Crippen LogP contribution < -0.4 is 10.5 Å². The van der Waals surface area contributed by atoms with Crippen molar-refractivity contribution >= 4 is 22.4 Å². The van der Waals surface area contributed by atoms with Crippen molar-refractivity contribution in [2.24, 2.45) is 0 Å². The number of benzene rings is 2. The van der Waals surface area contributed by atoms with E-state index in [1.54, 1.807) is 24.3 Å². The first kappa shape index (κ1) is 15.1. The Morgan fingerprint density at radius 2 is 1.91 bits per heavy atom. The van der Waals surface area contributed by atoms with Crippen molar-refractivity contribution in [2.75, 3.05) is 5.73 Å². The van der Waals surface area contributed by atoms with Crippen molar-refractivity contribution in [3.05, 3.63) is 65.0 Å². The molecule has 0 unspecified atom stereocenters. The number of ether oxygens (including phenoxy) is 1. The highest BCUT2D eigenvalue weighted by molar-refractivity contribution is 7.13. The second kappa shape index (κ2) is 6.50. The van der Waals surface area contributed by atoms with E-state index < -0.39 is 5.97 Å². The number of nitrogens with zero attached hydrogens (tertiary/aromatic N) is 1. The first-order valence-corrected chi connectivity index (χ1v) is 7.77. The number of aromatic carboxylic acids is 1. The Morgan fingerprint density at radius 1 is 1.17 bits per heavy atom. The molecule has 0 aliphatic carbocycles. The van der Waals surface area contributed by atoms with Crippen molar-refractivity contribution in [2.45, 2.75) is 6.61 Å². The summed E-state index contributed by atoms with van der Waals surface area (Å²) >= 11 is 1.38. The molecule has 0 saturated heterocycles. The largest absolute Gasteiger partial charge is 0.488 e. The van der Waals surface area contributed by atoms with Crippen LogP contribution in [0.4, 0.5) is 5.13 Å². The predicted molar refractivity (Wildman–Crippen MR) is 89.7 cm³/mol. The smallest absolute Gasteiger partial charge is 0.335 e. The molecular formula is C17H14N2O3S. The number of nitrogens with two attached hydrogens (primary N) is 1. The predicted octanol–water partition coefficient (Wildman–Crippen LogP) is 3.67. The molecule has 2 aromatic carbocycles. The summed E-state index contributed by atoms with van der Waals surface area (Å²) in [7, 11) is 0. The molecule has 5 nitrogen and oxygen atoms in total. The highest BCUT2D eigenvalue weighted by Crippen LogP contribution is 2.31. The first-order valence-electron chi connectivity index (χ1n) is 6.89. The molecular weight excluding hydrogens is 312 g/mol. The van der Waals surface area contributed by atoms with Crippen LogP contribution in [0.25, 0.3) is 11.3 Å². The van der Waals surface area contributed by atoms with Gasteiger partial charge in [-0.25, -0.2) is 9.78 Å². The van der Waals surface area contributed by atoms with Gasteiger partial charge < -0.3 is 15.6 Å². The van der Waals surface area contributed by atoms with Crippen molar-refractivity contribution < 1.29 is 14.6 Å². The zero-order chi connectivity index (χ0) is 16.2. The Hall–Kier alpha value is -2.86. The zero-order valence-corrected chi connectivity index (χ0v) is 12.9. The lowest BCUT2D eigenvalue weighted by molar-refractivity contribution is 0.0697. The molecule has 3 rings (SSSR count). The number of hydrogen-bond acceptors (Lipinski definition) is 5. The fourth-order valence-corrected chi connectivity index (χ4v) is 2.68. The number of hydrogen-bond donors (Lipinski definition) is 2. The molecule has 0 atom stereocenters. The van der Waals surface area contributed by atoms with E-state index in [2.05, 4.69) is 4.98 Å². The highest BCUT2D eigenvalue weighted by Gasteiger charge is 2.09. The van der Waals surface area contributed by atoms with Crippen LogP contribution in [-0.4, -0.2) is 16.1 Å². The summed E-state index contributed by atoms with van der Waals surface area (Å²) in [6, 6.07) is 14.2. The molecule has 1 aromatic heterocycles. The molecule has 0 bridgehead atoms. The fraction of sp³-hybridized carbons (Fsp3) is 0.0588. The normalized spacial score (nSPS) is 10.4. The Kier molecular flexibility index (Phi) is 4.25. The maximum Gasteiger partial charge on any atom is 0.335 e. The lowest BCUT2D eigenvalue weighted by atomic mass is 10.1. The molecule has 0 fully saturated rings. The number of carboxylic acid groups (broad SMARTS) is 1. The van der Waals surface area contributed by atoms with Gasteiger partial charge in [-0.15, -0.1) is 11.3 Å². The minimum Gasteiger partial charge on any atom is -0.488 e. The number of thiazole rings is 1. The lowest BCUT2D eigenvalue weighted by Crippen LogP contribution is -1.99. The summed E-state index contributed by atoms with van der Waals surface area (Å²) in [5.41, 5.74) is 8.50. The molecule has 0 spiro atoms. The summed E-state index contributed by atoms with van der Waals surface area (Å²) in [6.07, 6.45) is 0. The van der Waals surface area contributed by atoms with Crippen molar-refractivity contribution in [3.8, 4) is 17.0 Å². The molecule has 1 heterocycles. The standard InChI is InChI=1S/C17H14N2O3S/c18-17-19-14(10-23-17)13-3-1-2-4-15(13)22-9-11-5-7-12(8-6-11)16(20)21/h1-8,10H,9H2,(H2,18,19)(H,20,21). The molecule has 116 valence electrons. The molecule has 0 radical (unpaired) electrons. The second-order valence-electron chi connectivity index (χ2n) is 4.86. The number of carboxylic acids is 1. The van der Waals surface area contributed by atoms with E-state index in [9.17, 15) is 4.79 Å². The van der Waals surface area contributed by atoms with E-state index in [1.807, 2.05) is 29.6 Å². The molecule has 0 amide bonds. The first-order chi connectivity index (χ1) is 11.1. The Morgan fingerprint density at radius 3 is 2.57 bits per heavy atom. The number of anilines is 1. The van der Waals surface area contributed by atoms with Gasteiger partial charge in [-0.05, 0) is 29.8 Å². The van der Waals surface area contributed by atoms with Crippen molar-refractivity contribution in [3.63, 3.8) is 0 Å². The third-order valence-electron chi connectivity index (χ3n) is 3.28. The molecule has 23 heavy (non-hydrogen) atoms. The van der Waals surface area contributed by atoms with E-state index >= 15 is 0 Å². The fourth-order valence-electron chi connectivity index (χ4n) is 2.12. The van der Waals surface area contributed by atoms with Crippen molar-refractivity contribution in [1.82, 2.24) is 4.98 Å². The van der Waals surface area contributed by atoms with Gasteiger partial charge in [0.25, 0.3) is 0 Å². The third-order valence-corrected chi connectivity index (χ3v) is 3.95. The van der Waals surface area contributed by atoms with Crippen molar-refractivity contribution in [1.29, 1.82) is 0 Å². The maximum absolute atomic E-state index is 10.8. The van der Waals surface area contributed by atoms with Crippen LogP contribution in [0.2, 0.25) is 0 Å². The van der Waals surface area contributed by atoms with E-state index in [0.717, 1.165) is 16.8 Å². The SMILES string of the molecule is Nc1nc(-c2ccccc2OCc2ccc(C(=O)O)cc2)cs1. The second-order valence-corrected chi connectivity index (χ2v) is 5.75. The summed E-state index contributed by atoms with van der Waals surface area (Å²) in [5, 5.41) is 11.3. The molecule has 0 saturated carbocycles. The number of nitrogen functional groups attached to an aromatic ring is 1. The van der Waals surface area contributed by atoms with Gasteiger partial charge in [-0.3, -0.25) is 0 Å². The Balaban J connectivity index is 1.77. The van der Waals surface area contributed by atoms with E-state index in [0.29, 0.717) is 17.5 Å². The van der Waals surface area contributed by atoms with Crippen LogP contribution in [0, 0.1) is 0 Å². The average Bonchev–Trinajstić information content (AvgIpc) is 3.00. The monoisotopic (exact) mass is 326 g/mol. The van der Waals surface area contributed by atoms with E-state index in [1.165, 1.54) is 11.3 Å². The summed E-state index contributed by atoms with van der Waals surface area (Å²) < 4.78 is 5.86. The van der Waals surface area contributed by atoms with Gasteiger partial charge in [0.15, 0.2) is 5.13 Å². The van der Waals surface area contributed by atoms with Gasteiger partial charge in [0.1, 0.15) is 12.4 Å². The van der Waals surface area contributed by atoms with Gasteiger partial charge in [0, 0.05) is 10.9 Å². The lowest BCUT2D eigenvalue weighted by Gasteiger charge is -2.10. The van der Waals surface area contributed by atoms with Gasteiger partial charge in [-0.2, -0.15) is 0 Å². The summed E-state index contributed by atoms with van der Waals surface area (Å²) in [4.78, 5) is 15.1. The van der Waals surface area contributed by atoms with Gasteiger partial charge >= 0.3 is 5.97 Å². The van der Waals surface area contributed by atoms with Gasteiger partial charge in [0.05, 0.1) is 11.3 Å². The van der Waals surface area contributed by atoms with Crippen LogP contribution >= 0.6 is 11.3 Å². The molecule has 6 heteroatoms. The number of carbonyl (C=O) groups is 1. The average molecular weight is 326 g/mol. The van der Waals surface area contributed by atoms with Crippen LogP contribution in [0.5, 0.6) is 5.75 Å². The van der Waals surface area contributed by atoms with Crippen LogP contribution in [0.3, 0.4) is 0 Å². The van der Waals surface area contributed by atoms with Crippen LogP contribution in [0.1, 0.15) is 15.9 Å². The topological polar surface area (TPSA) is 85.4 Å². The Labute approximate surface area is 137 Å². The summed E-state index contributed by atoms with van der Waals surface area (Å²) in [5.74, 6) is -0.232. The van der Waals surface area contributed by atoms with Gasteiger partial charge in [-0.1, -0.05) is 24.3 Å². The third kappa shape index (κ3) is 3.49. The minimum absolute atomic E-state index is 0.257. The minimum atomic E-state index is -0.941. The molecule has 3 N–H and O–H groups in total.